The van der Waals surface area contributed by atoms with Crippen LogP contribution in [0.15, 0.2) is 36.7 Å². The van der Waals surface area contributed by atoms with Gasteiger partial charge >= 0.3 is 0 Å². The summed E-state index contributed by atoms with van der Waals surface area (Å²) in [4.78, 5) is 8.97. The average Bonchev–Trinajstić information content (AvgIpc) is 3.07. The molecule has 4 heterocycles. The molecule has 0 spiro atoms. The molecule has 4 rings (SSSR count). The number of fused-ring (bicyclic) bond motifs is 1. The van der Waals surface area contributed by atoms with Gasteiger partial charge in [-0.2, -0.15) is 0 Å². The lowest BCUT2D eigenvalue weighted by molar-refractivity contribution is 0.242. The van der Waals surface area contributed by atoms with Gasteiger partial charge in [0.05, 0.1) is 23.7 Å². The summed E-state index contributed by atoms with van der Waals surface area (Å²) in [5.74, 6) is 0.718. The number of pyridine rings is 2. The monoisotopic (exact) mass is 369 g/mol. The Morgan fingerprint density at radius 2 is 2.22 bits per heavy atom. The van der Waals surface area contributed by atoms with Crippen LogP contribution in [0, 0.1) is 5.82 Å². The van der Waals surface area contributed by atoms with Crippen LogP contribution in [0.25, 0.3) is 17.0 Å². The summed E-state index contributed by atoms with van der Waals surface area (Å²) in [7, 11) is 0. The van der Waals surface area contributed by atoms with Crippen molar-refractivity contribution in [3.05, 3.63) is 42.5 Å². The molecular formula is C20H24FN5O. The first-order valence-electron chi connectivity index (χ1n) is 9.38. The number of rotatable bonds is 5. The largest absolute Gasteiger partial charge is 0.491 e. The fraction of sp³-hybridized carbons (Fsp3) is 0.400. The van der Waals surface area contributed by atoms with Crippen molar-refractivity contribution in [3.8, 4) is 17.1 Å². The molecule has 0 bridgehead atoms. The average molecular weight is 369 g/mol. The highest BCUT2D eigenvalue weighted by Crippen LogP contribution is 2.25. The molecule has 1 aliphatic rings. The minimum Gasteiger partial charge on any atom is -0.491 e. The second kappa shape index (κ2) is 7.52. The van der Waals surface area contributed by atoms with Crippen molar-refractivity contribution in [2.45, 2.75) is 38.8 Å². The highest BCUT2D eigenvalue weighted by atomic mass is 19.1. The number of nitrogens with one attached hydrogen (secondary N) is 2. The number of ether oxygens (including phenoxy) is 1. The first-order valence-corrected chi connectivity index (χ1v) is 9.38. The van der Waals surface area contributed by atoms with Crippen LogP contribution in [-0.2, 0) is 0 Å². The molecule has 1 fully saturated rings. The lowest BCUT2D eigenvalue weighted by atomic mass is 10.1. The van der Waals surface area contributed by atoms with Gasteiger partial charge in [0.15, 0.2) is 11.6 Å². The van der Waals surface area contributed by atoms with Crippen molar-refractivity contribution < 1.29 is 9.13 Å². The van der Waals surface area contributed by atoms with Crippen LogP contribution < -0.4 is 15.4 Å². The fourth-order valence-electron chi connectivity index (χ4n) is 3.35. The second-order valence-corrected chi connectivity index (χ2v) is 7.12. The maximum absolute atomic E-state index is 14.3. The number of aromatic nitrogens is 3. The van der Waals surface area contributed by atoms with Crippen molar-refractivity contribution in [3.63, 3.8) is 0 Å². The lowest BCUT2D eigenvalue weighted by Gasteiger charge is -2.24. The molecule has 7 heteroatoms. The molecule has 1 saturated heterocycles. The van der Waals surface area contributed by atoms with Crippen LogP contribution in [-0.4, -0.2) is 39.6 Å². The number of nitrogens with zero attached hydrogens (tertiary/aromatic N) is 3. The van der Waals surface area contributed by atoms with Gasteiger partial charge in [-0.3, -0.25) is 4.40 Å². The molecular weight excluding hydrogens is 345 g/mol. The van der Waals surface area contributed by atoms with Gasteiger partial charge in [0.25, 0.3) is 0 Å². The van der Waals surface area contributed by atoms with E-state index >= 15 is 0 Å². The number of halogens is 1. The van der Waals surface area contributed by atoms with Gasteiger partial charge in [-0.15, -0.1) is 0 Å². The lowest BCUT2D eigenvalue weighted by Crippen LogP contribution is -2.38. The van der Waals surface area contributed by atoms with E-state index < -0.39 is 0 Å². The van der Waals surface area contributed by atoms with Gasteiger partial charge in [0, 0.05) is 24.8 Å². The summed E-state index contributed by atoms with van der Waals surface area (Å²) in [6.45, 7) is 5.80. The molecule has 27 heavy (non-hydrogen) atoms. The molecule has 1 atom stereocenters. The zero-order chi connectivity index (χ0) is 18.8. The zero-order valence-corrected chi connectivity index (χ0v) is 15.6. The third kappa shape index (κ3) is 3.88. The molecule has 142 valence electrons. The van der Waals surface area contributed by atoms with Gasteiger partial charge in [-0.05, 0) is 51.4 Å². The van der Waals surface area contributed by atoms with E-state index in [0.717, 1.165) is 43.0 Å². The molecule has 0 radical (unpaired) electrons. The highest BCUT2D eigenvalue weighted by Gasteiger charge is 2.17. The standard InChI is InChI=1S/C20H24FN5O/c1-13(2)27-15-7-9-26-18(12-23-19(26)10-15)17-6-5-16(21)20(25-17)24-14-4-3-8-22-11-14/h5-7,9-10,12-14,22H,3-4,8,11H2,1-2H3,(H,24,25)/t14-/m0/s1. The molecule has 0 saturated carbocycles. The number of anilines is 1. The van der Waals surface area contributed by atoms with Crippen molar-refractivity contribution >= 4 is 11.5 Å². The van der Waals surface area contributed by atoms with Crippen molar-refractivity contribution in [2.75, 3.05) is 18.4 Å². The minimum absolute atomic E-state index is 0.101. The molecule has 0 amide bonds. The number of hydrogen-bond donors (Lipinski definition) is 2. The van der Waals surface area contributed by atoms with E-state index in [1.807, 2.05) is 36.6 Å². The molecule has 0 unspecified atom stereocenters. The molecule has 2 N–H and O–H groups in total. The Hall–Kier alpha value is -2.67. The van der Waals surface area contributed by atoms with Crippen LogP contribution in [0.5, 0.6) is 5.75 Å². The Kier molecular flexibility index (Phi) is 4.94. The molecule has 0 aliphatic carbocycles. The normalized spacial score (nSPS) is 17.4. The summed E-state index contributed by atoms with van der Waals surface area (Å²) < 4.78 is 21.9. The van der Waals surface area contributed by atoms with Crippen molar-refractivity contribution in [1.29, 1.82) is 0 Å². The van der Waals surface area contributed by atoms with Crippen LogP contribution in [0.3, 0.4) is 0 Å². The van der Waals surface area contributed by atoms with E-state index in [4.69, 9.17) is 4.74 Å². The predicted molar refractivity (Wildman–Crippen MR) is 104 cm³/mol. The summed E-state index contributed by atoms with van der Waals surface area (Å²) in [5, 5.41) is 6.55. The van der Waals surface area contributed by atoms with Gasteiger partial charge < -0.3 is 15.4 Å². The van der Waals surface area contributed by atoms with Crippen molar-refractivity contribution in [1.82, 2.24) is 19.7 Å². The Bertz CT molecular complexity index is 933. The third-order valence-corrected chi connectivity index (χ3v) is 4.60. The summed E-state index contributed by atoms with van der Waals surface area (Å²) >= 11 is 0. The molecule has 6 nitrogen and oxygen atoms in total. The first kappa shape index (κ1) is 17.7. The number of hydrogen-bond acceptors (Lipinski definition) is 5. The van der Waals surface area contributed by atoms with Crippen LogP contribution in [0.4, 0.5) is 10.2 Å². The quantitative estimate of drug-likeness (QED) is 0.721. The van der Waals surface area contributed by atoms with E-state index in [-0.39, 0.29) is 23.8 Å². The third-order valence-electron chi connectivity index (χ3n) is 4.60. The Balaban J connectivity index is 1.63. The number of imidazole rings is 1. The van der Waals surface area contributed by atoms with Crippen molar-refractivity contribution in [2.24, 2.45) is 0 Å². The SMILES string of the molecule is CC(C)Oc1ccn2c(-c3ccc(F)c(N[C@H]4CCCNC4)n3)cnc2c1. The predicted octanol–water partition coefficient (Wildman–Crippen LogP) is 3.49. The van der Waals surface area contributed by atoms with Gasteiger partial charge in [0.2, 0.25) is 0 Å². The van der Waals surface area contributed by atoms with Gasteiger partial charge in [-0.1, -0.05) is 0 Å². The van der Waals surface area contributed by atoms with Crippen LogP contribution >= 0.6 is 0 Å². The fourth-order valence-corrected chi connectivity index (χ4v) is 3.35. The van der Waals surface area contributed by atoms with E-state index in [1.54, 1.807) is 12.3 Å². The summed E-state index contributed by atoms with van der Waals surface area (Å²) in [6, 6.07) is 7.11. The maximum atomic E-state index is 14.3. The topological polar surface area (TPSA) is 63.5 Å². The zero-order valence-electron chi connectivity index (χ0n) is 15.6. The van der Waals surface area contributed by atoms with E-state index in [0.29, 0.717) is 5.69 Å². The first-order chi connectivity index (χ1) is 13.1. The maximum Gasteiger partial charge on any atom is 0.165 e. The summed E-state index contributed by atoms with van der Waals surface area (Å²) in [6.07, 6.45) is 5.84. The molecule has 0 aromatic carbocycles. The number of piperidine rings is 1. The molecule has 3 aromatic heterocycles. The van der Waals surface area contributed by atoms with Crippen LogP contribution in [0.1, 0.15) is 26.7 Å². The Morgan fingerprint density at radius 1 is 1.33 bits per heavy atom. The Labute approximate surface area is 157 Å². The minimum atomic E-state index is -0.342. The smallest absolute Gasteiger partial charge is 0.165 e. The van der Waals surface area contributed by atoms with E-state index in [2.05, 4.69) is 20.6 Å². The van der Waals surface area contributed by atoms with E-state index in [1.165, 1.54) is 6.07 Å². The highest BCUT2D eigenvalue weighted by molar-refractivity contribution is 5.63. The summed E-state index contributed by atoms with van der Waals surface area (Å²) in [5.41, 5.74) is 2.25. The van der Waals surface area contributed by atoms with Crippen LogP contribution in [0.2, 0.25) is 0 Å². The van der Waals surface area contributed by atoms with Gasteiger partial charge in [0.1, 0.15) is 11.4 Å². The molecule has 1 aliphatic heterocycles. The Morgan fingerprint density at radius 3 is 3.00 bits per heavy atom. The van der Waals surface area contributed by atoms with Gasteiger partial charge in [-0.25, -0.2) is 14.4 Å². The molecule has 3 aromatic rings. The second-order valence-electron chi connectivity index (χ2n) is 7.12. The van der Waals surface area contributed by atoms with E-state index in [9.17, 15) is 4.39 Å².